The average Bonchev–Trinajstić information content (AvgIpc) is 2.46. The molecule has 0 spiro atoms. The Bertz CT molecular complexity index is 448. The van der Waals surface area contributed by atoms with Crippen LogP contribution in [0.3, 0.4) is 0 Å². The minimum absolute atomic E-state index is 0.0543. The van der Waals surface area contributed by atoms with Gasteiger partial charge in [-0.15, -0.1) is 24.0 Å². The lowest BCUT2D eigenvalue weighted by molar-refractivity contribution is 0.281. The van der Waals surface area contributed by atoms with Crippen molar-refractivity contribution in [3.8, 4) is 5.75 Å². The molecule has 4 heteroatoms. The number of aliphatic hydroxyl groups is 1. The fourth-order valence-electron chi connectivity index (χ4n) is 1.27. The molecule has 13 heavy (non-hydrogen) atoms. The molecule has 2 nitrogen and oxygen atoms in total. The Kier molecular flexibility index (Phi) is 2.19. The summed E-state index contributed by atoms with van der Waals surface area (Å²) in [6.07, 6.45) is 0. The summed E-state index contributed by atoms with van der Waals surface area (Å²) in [6.45, 7) is -0.0543. The van der Waals surface area contributed by atoms with E-state index in [9.17, 15) is 5.11 Å². The fraction of sp³-hybridized carbons (Fsp3) is 0.111. The number of thiophene rings is 1. The van der Waals surface area contributed by atoms with Crippen molar-refractivity contribution in [2.45, 2.75) is 10.8 Å². The number of fused-ring (bicyclic) bond motifs is 1. The maximum absolute atomic E-state index is 9.56. The lowest BCUT2D eigenvalue weighted by Crippen LogP contribution is -1.81. The zero-order valence-electron chi connectivity index (χ0n) is 6.69. The van der Waals surface area contributed by atoms with Gasteiger partial charge in [0.25, 0.3) is 0 Å². The summed E-state index contributed by atoms with van der Waals surface area (Å²) < 4.78 is 1.68. The van der Waals surface area contributed by atoms with E-state index in [4.69, 9.17) is 5.11 Å². The molecule has 2 rings (SSSR count). The van der Waals surface area contributed by atoms with Crippen LogP contribution in [0.2, 0.25) is 0 Å². The van der Waals surface area contributed by atoms with Crippen LogP contribution >= 0.6 is 24.0 Å². The second-order valence-corrected chi connectivity index (χ2v) is 4.61. The van der Waals surface area contributed by atoms with Crippen molar-refractivity contribution in [3.05, 3.63) is 23.8 Å². The van der Waals surface area contributed by atoms with Crippen molar-refractivity contribution in [3.63, 3.8) is 0 Å². The molecule has 1 aromatic carbocycles. The summed E-state index contributed by atoms with van der Waals surface area (Å²) in [5.41, 5.74) is 0.719. The van der Waals surface area contributed by atoms with E-state index in [-0.39, 0.29) is 12.4 Å². The summed E-state index contributed by atoms with van der Waals surface area (Å²) in [7, 11) is 0. The van der Waals surface area contributed by atoms with Gasteiger partial charge in [0.05, 0.1) is 15.5 Å². The molecule has 0 fully saturated rings. The first-order valence-electron chi connectivity index (χ1n) is 3.76. The predicted molar refractivity (Wildman–Crippen MR) is 56.7 cm³/mol. The van der Waals surface area contributed by atoms with Gasteiger partial charge in [-0.25, -0.2) is 0 Å². The van der Waals surface area contributed by atoms with Gasteiger partial charge in [0.15, 0.2) is 0 Å². The summed E-state index contributed by atoms with van der Waals surface area (Å²) in [4.78, 5) is 0. The Morgan fingerprint density at radius 3 is 2.77 bits per heavy atom. The van der Waals surface area contributed by atoms with Crippen molar-refractivity contribution >= 4 is 34.1 Å². The van der Waals surface area contributed by atoms with E-state index < -0.39 is 0 Å². The number of rotatable bonds is 1. The number of phenols is 1. The summed E-state index contributed by atoms with van der Waals surface area (Å²) in [5, 5.41) is 19.4. The molecule has 0 unspecified atom stereocenters. The van der Waals surface area contributed by atoms with Gasteiger partial charge in [0.1, 0.15) is 5.75 Å². The van der Waals surface area contributed by atoms with E-state index in [0.717, 1.165) is 19.9 Å². The van der Waals surface area contributed by atoms with E-state index >= 15 is 0 Å². The summed E-state index contributed by atoms with van der Waals surface area (Å²) in [6, 6.07) is 5.30. The number of aliphatic hydroxyl groups excluding tert-OH is 1. The molecule has 0 amide bonds. The zero-order valence-corrected chi connectivity index (χ0v) is 8.40. The van der Waals surface area contributed by atoms with Gasteiger partial charge in [-0.3, -0.25) is 0 Å². The Balaban J connectivity index is 2.75. The topological polar surface area (TPSA) is 40.5 Å². The Hall–Kier alpha value is -0.710. The molecule has 1 heterocycles. The SMILES string of the molecule is OCc1cc(O)c2sc(S)cc2c1. The normalized spacial score (nSPS) is 10.9. The van der Waals surface area contributed by atoms with Crippen LogP contribution in [0.5, 0.6) is 5.75 Å². The third-order valence-electron chi connectivity index (χ3n) is 1.83. The molecule has 0 radical (unpaired) electrons. The number of hydrogen-bond donors (Lipinski definition) is 3. The standard InChI is InChI=1S/C9H8O2S2/c10-4-5-1-6-3-8(12)13-9(6)7(11)2-5/h1-3,10-12H,4H2. The second-order valence-electron chi connectivity index (χ2n) is 2.78. The molecule has 0 bridgehead atoms. The number of thiol groups is 1. The molecule has 0 atom stereocenters. The molecule has 0 saturated carbocycles. The highest BCUT2D eigenvalue weighted by Gasteiger charge is 2.05. The van der Waals surface area contributed by atoms with Gasteiger partial charge < -0.3 is 10.2 Å². The molecule has 0 aliphatic carbocycles. The van der Waals surface area contributed by atoms with Gasteiger partial charge in [-0.05, 0) is 29.1 Å². The third kappa shape index (κ3) is 1.52. The quantitative estimate of drug-likeness (QED) is 0.635. The first-order valence-corrected chi connectivity index (χ1v) is 5.02. The van der Waals surface area contributed by atoms with E-state index in [2.05, 4.69) is 12.6 Å². The van der Waals surface area contributed by atoms with Gasteiger partial charge in [-0.2, -0.15) is 0 Å². The van der Waals surface area contributed by atoms with Crippen LogP contribution in [-0.4, -0.2) is 10.2 Å². The van der Waals surface area contributed by atoms with Gasteiger partial charge in [-0.1, -0.05) is 0 Å². The molecule has 0 aliphatic rings. The molecular weight excluding hydrogens is 204 g/mol. The molecule has 68 valence electrons. The van der Waals surface area contributed by atoms with Crippen LogP contribution < -0.4 is 0 Å². The van der Waals surface area contributed by atoms with Crippen LogP contribution in [0.1, 0.15) is 5.56 Å². The van der Waals surface area contributed by atoms with Crippen molar-refractivity contribution in [1.29, 1.82) is 0 Å². The lowest BCUT2D eigenvalue weighted by atomic mass is 10.1. The van der Waals surface area contributed by atoms with Crippen molar-refractivity contribution in [2.75, 3.05) is 0 Å². The third-order valence-corrected chi connectivity index (χ3v) is 3.20. The molecule has 1 aromatic heterocycles. The first kappa shape index (κ1) is 8.87. The first-order chi connectivity index (χ1) is 6.20. The second kappa shape index (κ2) is 3.21. The van der Waals surface area contributed by atoms with E-state index in [1.165, 1.54) is 11.3 Å². The highest BCUT2D eigenvalue weighted by atomic mass is 32.2. The van der Waals surface area contributed by atoms with Crippen LogP contribution in [0, 0.1) is 0 Å². The van der Waals surface area contributed by atoms with Gasteiger partial charge in [0, 0.05) is 0 Å². The smallest absolute Gasteiger partial charge is 0.133 e. The number of hydrogen-bond acceptors (Lipinski definition) is 4. The highest BCUT2D eigenvalue weighted by molar-refractivity contribution is 7.83. The summed E-state index contributed by atoms with van der Waals surface area (Å²) in [5.74, 6) is 0.215. The molecule has 2 aromatic rings. The van der Waals surface area contributed by atoms with Gasteiger partial charge >= 0.3 is 0 Å². The minimum atomic E-state index is -0.0543. The van der Waals surface area contributed by atoms with Crippen LogP contribution in [0.25, 0.3) is 10.1 Å². The monoisotopic (exact) mass is 212 g/mol. The Labute approximate surface area is 84.9 Å². The zero-order chi connectivity index (χ0) is 9.42. The van der Waals surface area contributed by atoms with Crippen molar-refractivity contribution < 1.29 is 10.2 Å². The lowest BCUT2D eigenvalue weighted by Gasteiger charge is -1.98. The van der Waals surface area contributed by atoms with E-state index in [0.29, 0.717) is 0 Å². The van der Waals surface area contributed by atoms with Crippen LogP contribution in [0.4, 0.5) is 0 Å². The molecule has 0 aliphatic heterocycles. The Morgan fingerprint density at radius 2 is 2.08 bits per heavy atom. The van der Waals surface area contributed by atoms with Crippen LogP contribution in [0.15, 0.2) is 22.4 Å². The summed E-state index contributed by atoms with van der Waals surface area (Å²) >= 11 is 5.63. The van der Waals surface area contributed by atoms with Gasteiger partial charge in [0.2, 0.25) is 0 Å². The number of phenolic OH excluding ortho intramolecular Hbond substituents is 1. The largest absolute Gasteiger partial charge is 0.506 e. The molecule has 0 saturated heterocycles. The predicted octanol–water partition coefficient (Wildman–Crippen LogP) is 2.39. The minimum Gasteiger partial charge on any atom is -0.506 e. The number of benzene rings is 1. The average molecular weight is 212 g/mol. The Morgan fingerprint density at radius 1 is 1.31 bits per heavy atom. The highest BCUT2D eigenvalue weighted by Crippen LogP contribution is 2.35. The maximum atomic E-state index is 9.56. The van der Waals surface area contributed by atoms with E-state index in [1.54, 1.807) is 6.07 Å². The molecular formula is C9H8O2S2. The van der Waals surface area contributed by atoms with Crippen molar-refractivity contribution in [2.24, 2.45) is 0 Å². The van der Waals surface area contributed by atoms with Crippen LogP contribution in [-0.2, 0) is 6.61 Å². The fourth-order valence-corrected chi connectivity index (χ4v) is 2.48. The molecule has 2 N–H and O–H groups in total. The van der Waals surface area contributed by atoms with Crippen molar-refractivity contribution in [1.82, 2.24) is 0 Å². The van der Waals surface area contributed by atoms with E-state index in [1.807, 2.05) is 12.1 Å². The number of aromatic hydroxyl groups is 1. The maximum Gasteiger partial charge on any atom is 0.133 e.